The normalized spacial score (nSPS) is 14.0. The van der Waals surface area contributed by atoms with Gasteiger partial charge in [0.25, 0.3) is 0 Å². The number of hydrogen-bond donors (Lipinski definition) is 0. The average molecular weight is 472 g/mol. The second-order valence-corrected chi connectivity index (χ2v) is 8.63. The van der Waals surface area contributed by atoms with Gasteiger partial charge in [0.2, 0.25) is 0 Å². The second kappa shape index (κ2) is 9.23. The number of hydrogen-bond acceptors (Lipinski definition) is 5. The number of rotatable bonds is 8. The van der Waals surface area contributed by atoms with E-state index in [0.717, 1.165) is 51.8 Å². The number of likely N-dealkylation sites (tertiary alicyclic amines) is 1. The van der Waals surface area contributed by atoms with E-state index in [2.05, 4.69) is 33.0 Å². The second-order valence-electron chi connectivity index (χ2n) is 7.71. The fourth-order valence-electron chi connectivity index (χ4n) is 3.74. The van der Waals surface area contributed by atoms with Gasteiger partial charge in [-0.1, -0.05) is 33.6 Å². The number of esters is 1. The Morgan fingerprint density at radius 1 is 1.17 bits per heavy atom. The highest BCUT2D eigenvalue weighted by atomic mass is 79.9. The molecule has 0 bridgehead atoms. The third kappa shape index (κ3) is 4.71. The summed E-state index contributed by atoms with van der Waals surface area (Å²) in [5.41, 5.74) is 5.00. The topological polar surface area (TPSA) is 51.9 Å². The molecular weight excluding hydrogens is 446 g/mol. The Labute approximate surface area is 185 Å². The smallest absolute Gasteiger partial charge is 0.310 e. The predicted molar refractivity (Wildman–Crippen MR) is 120 cm³/mol. The van der Waals surface area contributed by atoms with Gasteiger partial charge in [-0.15, -0.1) is 0 Å². The van der Waals surface area contributed by atoms with Gasteiger partial charge >= 0.3 is 5.97 Å². The largest absolute Gasteiger partial charge is 0.488 e. The van der Waals surface area contributed by atoms with Crippen LogP contribution >= 0.6 is 15.9 Å². The van der Waals surface area contributed by atoms with Gasteiger partial charge in [-0.2, -0.15) is 0 Å². The lowest BCUT2D eigenvalue weighted by Gasteiger charge is -2.30. The van der Waals surface area contributed by atoms with Crippen molar-refractivity contribution in [3.8, 4) is 5.75 Å². The Balaban J connectivity index is 1.54. The molecule has 2 heterocycles. The molecular formula is C24H26BrNO4. The zero-order chi connectivity index (χ0) is 21.1. The third-order valence-corrected chi connectivity index (χ3v) is 5.84. The average Bonchev–Trinajstić information content (AvgIpc) is 3.07. The Morgan fingerprint density at radius 2 is 2.00 bits per heavy atom. The van der Waals surface area contributed by atoms with Crippen molar-refractivity contribution in [2.45, 2.75) is 39.8 Å². The molecule has 1 aliphatic heterocycles. The summed E-state index contributed by atoms with van der Waals surface area (Å²) in [6, 6.07) is 10.1. The van der Waals surface area contributed by atoms with Crippen molar-refractivity contribution in [1.82, 2.24) is 4.90 Å². The Bertz CT molecular complexity index is 1050. The molecule has 30 heavy (non-hydrogen) atoms. The molecule has 5 nitrogen and oxygen atoms in total. The van der Waals surface area contributed by atoms with E-state index >= 15 is 0 Å². The number of halogens is 1. The standard InChI is InChI=1S/C24H26BrNO4/c1-3-28-23(27)11-17-9-16(2)5-6-22(17)29-14-19-15-30-24-18(13-26-7-4-8-26)10-20(25)12-21(19)24/h5-6,9-10,12,15H,3-4,7-8,11,13-14H2,1-2H3. The van der Waals surface area contributed by atoms with Crippen LogP contribution in [0.1, 0.15) is 35.6 Å². The number of nitrogens with zero attached hydrogens (tertiary/aromatic N) is 1. The number of carbonyl (C=O) groups excluding carboxylic acids is 1. The van der Waals surface area contributed by atoms with E-state index in [1.54, 1.807) is 6.26 Å². The molecule has 0 N–H and O–H groups in total. The van der Waals surface area contributed by atoms with Crippen LogP contribution in [0.3, 0.4) is 0 Å². The first-order valence-electron chi connectivity index (χ1n) is 10.3. The molecule has 1 saturated heterocycles. The molecule has 1 aliphatic rings. The van der Waals surface area contributed by atoms with Crippen LogP contribution in [0.2, 0.25) is 0 Å². The fraction of sp³-hybridized carbons (Fsp3) is 0.375. The van der Waals surface area contributed by atoms with E-state index in [-0.39, 0.29) is 12.4 Å². The summed E-state index contributed by atoms with van der Waals surface area (Å²) < 4.78 is 18.2. The first kappa shape index (κ1) is 20.9. The molecule has 0 saturated carbocycles. The zero-order valence-electron chi connectivity index (χ0n) is 17.4. The maximum atomic E-state index is 12.0. The molecule has 0 unspecified atom stereocenters. The minimum Gasteiger partial charge on any atom is -0.488 e. The van der Waals surface area contributed by atoms with Gasteiger partial charge in [-0.3, -0.25) is 9.69 Å². The molecule has 6 heteroatoms. The van der Waals surface area contributed by atoms with Crippen molar-refractivity contribution < 1.29 is 18.7 Å². The highest BCUT2D eigenvalue weighted by Gasteiger charge is 2.19. The van der Waals surface area contributed by atoms with Crippen molar-refractivity contribution in [1.29, 1.82) is 0 Å². The lowest BCUT2D eigenvalue weighted by atomic mass is 10.1. The third-order valence-electron chi connectivity index (χ3n) is 5.38. The van der Waals surface area contributed by atoms with Crippen molar-refractivity contribution in [2.24, 2.45) is 0 Å². The molecule has 4 rings (SSSR count). The number of fused-ring (bicyclic) bond motifs is 1. The Hall–Kier alpha value is -2.31. The lowest BCUT2D eigenvalue weighted by molar-refractivity contribution is -0.142. The van der Waals surface area contributed by atoms with Crippen molar-refractivity contribution >= 4 is 32.9 Å². The molecule has 0 atom stereocenters. The van der Waals surface area contributed by atoms with Crippen LogP contribution in [-0.4, -0.2) is 30.6 Å². The molecule has 158 valence electrons. The number of benzene rings is 2. The lowest BCUT2D eigenvalue weighted by Crippen LogP contribution is -2.36. The van der Waals surface area contributed by atoms with Gasteiger partial charge in [-0.25, -0.2) is 0 Å². The molecule has 3 aromatic rings. The van der Waals surface area contributed by atoms with Gasteiger partial charge in [0.15, 0.2) is 0 Å². The zero-order valence-corrected chi connectivity index (χ0v) is 19.0. The molecule has 1 aromatic heterocycles. The molecule has 2 aromatic carbocycles. The summed E-state index contributed by atoms with van der Waals surface area (Å²) in [5, 5.41) is 1.05. The van der Waals surface area contributed by atoms with Crippen LogP contribution < -0.4 is 4.74 Å². The summed E-state index contributed by atoms with van der Waals surface area (Å²) in [5.74, 6) is 0.445. The van der Waals surface area contributed by atoms with Crippen LogP contribution in [0.5, 0.6) is 5.75 Å². The number of ether oxygens (including phenoxy) is 2. The van der Waals surface area contributed by atoms with Gasteiger partial charge in [-0.05, 0) is 51.6 Å². The molecule has 1 fully saturated rings. The number of aryl methyl sites for hydroxylation is 1. The first-order valence-corrected chi connectivity index (χ1v) is 11.1. The van der Waals surface area contributed by atoms with Crippen LogP contribution in [-0.2, 0) is 29.1 Å². The van der Waals surface area contributed by atoms with Gasteiger partial charge in [0.05, 0.1) is 19.3 Å². The van der Waals surface area contributed by atoms with Gasteiger partial charge in [0.1, 0.15) is 17.9 Å². The molecule has 0 amide bonds. The van der Waals surface area contributed by atoms with Crippen LogP contribution in [0.25, 0.3) is 11.0 Å². The molecule has 0 spiro atoms. The van der Waals surface area contributed by atoms with Crippen molar-refractivity contribution in [3.05, 3.63) is 63.3 Å². The van der Waals surface area contributed by atoms with E-state index < -0.39 is 0 Å². The number of furan rings is 1. The minimum atomic E-state index is -0.249. The highest BCUT2D eigenvalue weighted by molar-refractivity contribution is 9.10. The summed E-state index contributed by atoms with van der Waals surface area (Å²) in [4.78, 5) is 14.4. The first-order chi connectivity index (χ1) is 14.5. The Morgan fingerprint density at radius 3 is 2.73 bits per heavy atom. The van der Waals surface area contributed by atoms with Crippen LogP contribution in [0.15, 0.2) is 45.5 Å². The van der Waals surface area contributed by atoms with E-state index in [9.17, 15) is 4.79 Å². The van der Waals surface area contributed by atoms with Gasteiger partial charge in [0, 0.05) is 33.1 Å². The molecule has 0 radical (unpaired) electrons. The quantitative estimate of drug-likeness (QED) is 0.412. The van der Waals surface area contributed by atoms with E-state index in [1.807, 2.05) is 32.0 Å². The maximum Gasteiger partial charge on any atom is 0.310 e. The van der Waals surface area contributed by atoms with E-state index in [0.29, 0.717) is 19.0 Å². The number of carbonyl (C=O) groups is 1. The summed E-state index contributed by atoms with van der Waals surface area (Å²) in [7, 11) is 0. The van der Waals surface area contributed by atoms with E-state index in [4.69, 9.17) is 13.9 Å². The summed E-state index contributed by atoms with van der Waals surface area (Å²) in [6.45, 7) is 7.72. The SMILES string of the molecule is CCOC(=O)Cc1cc(C)ccc1OCc1coc2c(CN3CCC3)cc(Br)cc12. The summed E-state index contributed by atoms with van der Waals surface area (Å²) in [6.07, 6.45) is 3.23. The summed E-state index contributed by atoms with van der Waals surface area (Å²) >= 11 is 3.64. The van der Waals surface area contributed by atoms with Crippen molar-refractivity contribution in [2.75, 3.05) is 19.7 Å². The highest BCUT2D eigenvalue weighted by Crippen LogP contribution is 2.31. The van der Waals surface area contributed by atoms with E-state index in [1.165, 1.54) is 12.0 Å². The van der Waals surface area contributed by atoms with Crippen LogP contribution in [0.4, 0.5) is 0 Å². The van der Waals surface area contributed by atoms with Crippen molar-refractivity contribution in [3.63, 3.8) is 0 Å². The van der Waals surface area contributed by atoms with Crippen LogP contribution in [0, 0.1) is 6.92 Å². The van der Waals surface area contributed by atoms with Gasteiger partial charge < -0.3 is 13.9 Å². The maximum absolute atomic E-state index is 12.0. The Kier molecular flexibility index (Phi) is 6.44. The monoisotopic (exact) mass is 471 g/mol. The minimum absolute atomic E-state index is 0.197. The molecule has 0 aliphatic carbocycles. The predicted octanol–water partition coefficient (Wildman–Crippen LogP) is 5.39. The fourth-order valence-corrected chi connectivity index (χ4v) is 4.25.